The molecule has 152 valence electrons. The van der Waals surface area contributed by atoms with Crippen LogP contribution in [0.1, 0.15) is 50.5 Å². The van der Waals surface area contributed by atoms with Gasteiger partial charge in [0, 0.05) is 36.6 Å². The van der Waals surface area contributed by atoms with Gasteiger partial charge in [0.25, 0.3) is 0 Å². The maximum absolute atomic E-state index is 12.8. The molecule has 1 aliphatic heterocycles. The molecule has 2 heterocycles. The Balaban J connectivity index is 1.16. The number of carbonyl (C=O) groups excluding carboxylic acids is 1. The number of rotatable bonds is 5. The zero-order valence-electron chi connectivity index (χ0n) is 16.5. The van der Waals surface area contributed by atoms with Gasteiger partial charge in [0.15, 0.2) is 0 Å². The number of hydrogen-bond donors (Lipinski definition) is 1. The van der Waals surface area contributed by atoms with E-state index in [1.54, 1.807) is 0 Å². The fourth-order valence-corrected chi connectivity index (χ4v) is 8.16. The minimum absolute atomic E-state index is 0.204. The summed E-state index contributed by atoms with van der Waals surface area (Å²) >= 11 is 4.05. The van der Waals surface area contributed by atoms with Crippen molar-refractivity contribution < 1.29 is 9.53 Å². The summed E-state index contributed by atoms with van der Waals surface area (Å²) in [5.41, 5.74) is 1.30. The third-order valence-electron chi connectivity index (χ3n) is 7.28. The number of pyridine rings is 1. The third kappa shape index (κ3) is 3.82. The van der Waals surface area contributed by atoms with Gasteiger partial charge in [-0.05, 0) is 67.4 Å². The maximum atomic E-state index is 12.8. The average molecular weight is 448 g/mol. The number of hydrogen-bond acceptors (Lipinski definition) is 4. The van der Waals surface area contributed by atoms with Crippen LogP contribution in [0.2, 0.25) is 0 Å². The highest BCUT2D eigenvalue weighted by Crippen LogP contribution is 2.65. The van der Waals surface area contributed by atoms with Gasteiger partial charge in [0.2, 0.25) is 5.91 Å². The Kier molecular flexibility index (Phi) is 4.90. The molecule has 28 heavy (non-hydrogen) atoms. The van der Waals surface area contributed by atoms with Crippen molar-refractivity contribution in [2.45, 2.75) is 55.8 Å². The molecule has 4 aliphatic carbocycles. The summed E-state index contributed by atoms with van der Waals surface area (Å²) in [5, 5.41) is 3.16. The molecule has 1 amide bonds. The molecule has 0 radical (unpaired) electrons. The number of anilines is 1. The molecule has 5 nitrogen and oxygen atoms in total. The predicted molar refractivity (Wildman–Crippen MR) is 113 cm³/mol. The smallest absolute Gasteiger partial charge is 0.220 e. The first-order valence-electron chi connectivity index (χ1n) is 10.7. The van der Waals surface area contributed by atoms with E-state index in [9.17, 15) is 4.79 Å². The van der Waals surface area contributed by atoms with Crippen LogP contribution in [0.25, 0.3) is 0 Å². The molecule has 5 fully saturated rings. The molecule has 6 rings (SSSR count). The van der Waals surface area contributed by atoms with E-state index in [1.165, 1.54) is 38.5 Å². The van der Waals surface area contributed by atoms with Crippen LogP contribution in [0.5, 0.6) is 0 Å². The van der Waals surface area contributed by atoms with Gasteiger partial charge < -0.3 is 15.0 Å². The highest BCUT2D eigenvalue weighted by molar-refractivity contribution is 9.10. The highest BCUT2D eigenvalue weighted by atomic mass is 79.9. The number of carbonyl (C=O) groups is 1. The van der Waals surface area contributed by atoms with E-state index in [2.05, 4.69) is 43.3 Å². The summed E-state index contributed by atoms with van der Waals surface area (Å²) in [4.78, 5) is 19.6. The van der Waals surface area contributed by atoms with Crippen molar-refractivity contribution in [1.82, 2.24) is 10.3 Å². The Morgan fingerprint density at radius 1 is 1.21 bits per heavy atom. The summed E-state index contributed by atoms with van der Waals surface area (Å²) in [6.07, 6.45) is 10.3. The lowest BCUT2D eigenvalue weighted by molar-refractivity contribution is -0.128. The number of ether oxygens (including phenoxy) is 1. The van der Waals surface area contributed by atoms with Crippen molar-refractivity contribution in [2.24, 2.45) is 17.3 Å². The van der Waals surface area contributed by atoms with E-state index in [0.717, 1.165) is 49.5 Å². The summed E-state index contributed by atoms with van der Waals surface area (Å²) in [5.74, 6) is 2.85. The Labute approximate surface area is 175 Å². The molecule has 2 atom stereocenters. The van der Waals surface area contributed by atoms with E-state index in [4.69, 9.17) is 4.74 Å². The molecule has 5 aliphatic rings. The molecule has 1 aromatic rings. The lowest BCUT2D eigenvalue weighted by atomic mass is 9.48. The van der Waals surface area contributed by atoms with E-state index in [-0.39, 0.29) is 11.3 Å². The van der Waals surface area contributed by atoms with Crippen molar-refractivity contribution in [1.29, 1.82) is 0 Å². The average Bonchev–Trinajstić information content (AvgIpc) is 2.65. The zero-order chi connectivity index (χ0) is 19.2. The van der Waals surface area contributed by atoms with Crippen LogP contribution < -0.4 is 10.2 Å². The zero-order valence-corrected chi connectivity index (χ0v) is 18.0. The number of nitrogens with zero attached hydrogens (tertiary/aromatic N) is 2. The number of nitrogens with one attached hydrogen (secondary N) is 1. The standard InChI is InChI=1S/C22H30BrN3O2/c23-22-10-17-7-18(11-22)9-21(8-17,15-22)12-20(27)25-14-16-1-2-19(24-13-16)26-3-5-28-6-4-26/h1-2,13,17-18H,3-12,14-15H2,(H,25,27)/t17-,18-,21?,22?/m1/s1. The maximum Gasteiger partial charge on any atom is 0.220 e. The van der Waals surface area contributed by atoms with Crippen molar-refractivity contribution in [3.05, 3.63) is 23.9 Å². The van der Waals surface area contributed by atoms with Gasteiger partial charge in [-0.3, -0.25) is 4.79 Å². The molecule has 4 bridgehead atoms. The summed E-state index contributed by atoms with van der Waals surface area (Å²) < 4.78 is 5.71. The summed E-state index contributed by atoms with van der Waals surface area (Å²) in [6, 6.07) is 4.14. The van der Waals surface area contributed by atoms with Crippen molar-refractivity contribution in [3.63, 3.8) is 0 Å². The fraction of sp³-hybridized carbons (Fsp3) is 0.727. The quantitative estimate of drug-likeness (QED) is 0.699. The van der Waals surface area contributed by atoms with Crippen LogP contribution in [0, 0.1) is 17.3 Å². The van der Waals surface area contributed by atoms with Crippen molar-refractivity contribution in [2.75, 3.05) is 31.2 Å². The van der Waals surface area contributed by atoms with Gasteiger partial charge in [-0.25, -0.2) is 4.98 Å². The second-order valence-electron chi connectivity index (χ2n) is 9.69. The highest BCUT2D eigenvalue weighted by Gasteiger charge is 2.57. The Morgan fingerprint density at radius 3 is 2.61 bits per heavy atom. The van der Waals surface area contributed by atoms with E-state index < -0.39 is 0 Å². The molecule has 0 unspecified atom stereocenters. The third-order valence-corrected chi connectivity index (χ3v) is 8.21. The monoisotopic (exact) mass is 447 g/mol. The first-order valence-corrected chi connectivity index (χ1v) is 11.5. The largest absolute Gasteiger partial charge is 0.378 e. The Bertz CT molecular complexity index is 718. The molecule has 0 spiro atoms. The molecule has 1 N–H and O–H groups in total. The lowest BCUT2D eigenvalue weighted by Gasteiger charge is -2.60. The van der Waals surface area contributed by atoms with Gasteiger partial charge >= 0.3 is 0 Å². The second kappa shape index (κ2) is 7.28. The molecule has 6 heteroatoms. The van der Waals surface area contributed by atoms with Crippen LogP contribution in [0.3, 0.4) is 0 Å². The predicted octanol–water partition coefficient (Wildman–Crippen LogP) is 3.66. The summed E-state index contributed by atoms with van der Waals surface area (Å²) in [7, 11) is 0. The van der Waals surface area contributed by atoms with Crippen molar-refractivity contribution in [3.8, 4) is 0 Å². The van der Waals surface area contributed by atoms with Gasteiger partial charge in [0.05, 0.1) is 13.2 Å². The SMILES string of the molecule is O=C(CC12C[C@H]3C[C@@H](CC(Br)(C3)C1)C2)NCc1ccc(N2CCOCC2)nc1. The van der Waals surface area contributed by atoms with E-state index >= 15 is 0 Å². The number of halogens is 1. The Hall–Kier alpha value is -1.14. The second-order valence-corrected chi connectivity index (χ2v) is 11.4. The van der Waals surface area contributed by atoms with Crippen LogP contribution in [-0.4, -0.2) is 41.5 Å². The Morgan fingerprint density at radius 2 is 1.96 bits per heavy atom. The van der Waals surface area contributed by atoms with Crippen LogP contribution >= 0.6 is 15.9 Å². The van der Waals surface area contributed by atoms with E-state index in [1.807, 2.05) is 6.20 Å². The lowest BCUT2D eigenvalue weighted by Crippen LogP contribution is -2.54. The minimum atomic E-state index is 0.204. The van der Waals surface area contributed by atoms with Gasteiger partial charge in [-0.15, -0.1) is 0 Å². The van der Waals surface area contributed by atoms with Crippen LogP contribution in [0.15, 0.2) is 18.3 Å². The van der Waals surface area contributed by atoms with E-state index in [0.29, 0.717) is 17.3 Å². The topological polar surface area (TPSA) is 54.5 Å². The van der Waals surface area contributed by atoms with Crippen molar-refractivity contribution >= 4 is 27.7 Å². The first-order chi connectivity index (χ1) is 13.5. The molecular formula is C22H30BrN3O2. The molecule has 1 aromatic heterocycles. The van der Waals surface area contributed by atoms with Crippen LogP contribution in [-0.2, 0) is 16.1 Å². The summed E-state index contributed by atoms with van der Waals surface area (Å²) in [6.45, 7) is 3.87. The van der Waals surface area contributed by atoms with Gasteiger partial charge in [-0.1, -0.05) is 22.0 Å². The molecular weight excluding hydrogens is 418 g/mol. The number of amides is 1. The number of alkyl halides is 1. The van der Waals surface area contributed by atoms with Crippen LogP contribution in [0.4, 0.5) is 5.82 Å². The van der Waals surface area contributed by atoms with Gasteiger partial charge in [0.1, 0.15) is 5.82 Å². The molecule has 0 aromatic carbocycles. The normalized spacial score (nSPS) is 36.5. The fourth-order valence-electron chi connectivity index (χ4n) is 6.65. The number of aromatic nitrogens is 1. The number of morpholine rings is 1. The molecule has 4 saturated carbocycles. The van der Waals surface area contributed by atoms with Gasteiger partial charge in [-0.2, -0.15) is 0 Å². The first kappa shape index (κ1) is 18.9. The minimum Gasteiger partial charge on any atom is -0.378 e. The molecule has 1 saturated heterocycles.